The molecule has 0 unspecified atom stereocenters. The summed E-state index contributed by atoms with van der Waals surface area (Å²) in [6, 6.07) is 13.3. The highest BCUT2D eigenvalue weighted by molar-refractivity contribution is 6.05. The molecule has 7 nitrogen and oxygen atoms in total. The molecule has 0 spiro atoms. The number of nitrogens with one attached hydrogen (secondary N) is 1. The van der Waals surface area contributed by atoms with Gasteiger partial charge in [-0.25, -0.2) is 0 Å². The quantitative estimate of drug-likeness (QED) is 0.595. The molecule has 0 saturated heterocycles. The number of carbonyl (C=O) groups is 1. The largest absolute Gasteiger partial charge is 0.454 e. The van der Waals surface area contributed by atoms with Crippen LogP contribution in [0, 0.1) is 0 Å². The highest BCUT2D eigenvalue weighted by atomic mass is 16.7. The van der Waals surface area contributed by atoms with Crippen LogP contribution in [-0.4, -0.2) is 12.7 Å². The first-order valence-corrected chi connectivity index (χ1v) is 7.85. The van der Waals surface area contributed by atoms with Crippen LogP contribution < -0.4 is 20.2 Å². The Bertz CT molecular complexity index is 1240. The zero-order valence-corrected chi connectivity index (χ0v) is 13.3. The summed E-state index contributed by atoms with van der Waals surface area (Å²) < 4.78 is 21.5. The Morgan fingerprint density at radius 3 is 2.69 bits per heavy atom. The SMILES string of the molecule is O=C(Nc1ccc2c(c1)OCO2)c1cc2c(=O)c3ccccc3oc2o1. The number of fused-ring (bicyclic) bond motifs is 3. The fourth-order valence-corrected chi connectivity index (χ4v) is 2.88. The zero-order valence-electron chi connectivity index (χ0n) is 13.3. The molecule has 1 aliphatic rings. The predicted molar refractivity (Wildman–Crippen MR) is 92.8 cm³/mol. The molecule has 0 aliphatic carbocycles. The van der Waals surface area contributed by atoms with Crippen LogP contribution in [0.25, 0.3) is 22.1 Å². The summed E-state index contributed by atoms with van der Waals surface area (Å²) in [5.74, 6) is 0.667. The standard InChI is InChI=1S/C19H11NO6/c21-17-11-3-1-2-4-13(11)25-19-12(17)8-16(26-19)18(22)20-10-5-6-14-15(7-10)24-9-23-14/h1-8H,9H2,(H,20,22). The molecule has 2 aromatic heterocycles. The molecule has 0 atom stereocenters. The second kappa shape index (κ2) is 5.38. The molecule has 3 heterocycles. The highest BCUT2D eigenvalue weighted by Crippen LogP contribution is 2.34. The third-order valence-electron chi connectivity index (χ3n) is 4.13. The van der Waals surface area contributed by atoms with E-state index in [1.807, 2.05) is 0 Å². The minimum absolute atomic E-state index is 0.0181. The summed E-state index contributed by atoms with van der Waals surface area (Å²) in [6.45, 7) is 0.150. The van der Waals surface area contributed by atoms with Gasteiger partial charge in [-0.05, 0) is 24.3 Å². The average Bonchev–Trinajstić information content (AvgIpc) is 3.28. The van der Waals surface area contributed by atoms with Crippen molar-refractivity contribution in [2.75, 3.05) is 12.1 Å². The number of hydrogen-bond donors (Lipinski definition) is 1. The minimum Gasteiger partial charge on any atom is -0.454 e. The summed E-state index contributed by atoms with van der Waals surface area (Å²) >= 11 is 0. The van der Waals surface area contributed by atoms with Gasteiger partial charge < -0.3 is 23.6 Å². The van der Waals surface area contributed by atoms with Crippen molar-refractivity contribution in [2.45, 2.75) is 0 Å². The maximum Gasteiger partial charge on any atom is 0.302 e. The number of para-hydroxylation sites is 1. The van der Waals surface area contributed by atoms with Gasteiger partial charge >= 0.3 is 5.78 Å². The maximum atomic E-state index is 12.5. The van der Waals surface area contributed by atoms with Crippen LogP contribution in [0.4, 0.5) is 5.69 Å². The summed E-state index contributed by atoms with van der Waals surface area (Å²) in [4.78, 5) is 25.0. The van der Waals surface area contributed by atoms with E-state index in [9.17, 15) is 9.59 Å². The first kappa shape index (κ1) is 14.6. The highest BCUT2D eigenvalue weighted by Gasteiger charge is 2.19. The van der Waals surface area contributed by atoms with Gasteiger partial charge in [0.25, 0.3) is 5.91 Å². The number of rotatable bonds is 2. The van der Waals surface area contributed by atoms with Gasteiger partial charge in [-0.1, -0.05) is 12.1 Å². The van der Waals surface area contributed by atoms with Crippen LogP contribution in [0.15, 0.2) is 62.2 Å². The number of anilines is 1. The third kappa shape index (κ3) is 2.21. The second-order valence-corrected chi connectivity index (χ2v) is 5.76. The van der Waals surface area contributed by atoms with Crippen molar-refractivity contribution in [2.24, 2.45) is 0 Å². The Morgan fingerprint density at radius 1 is 0.923 bits per heavy atom. The van der Waals surface area contributed by atoms with Crippen molar-refractivity contribution < 1.29 is 23.1 Å². The molecule has 7 heteroatoms. The molecule has 0 saturated carbocycles. The van der Waals surface area contributed by atoms with Crippen molar-refractivity contribution in [1.82, 2.24) is 0 Å². The van der Waals surface area contributed by atoms with Gasteiger partial charge in [-0.2, -0.15) is 0 Å². The summed E-state index contributed by atoms with van der Waals surface area (Å²) in [5.41, 5.74) is 0.680. The molecule has 128 valence electrons. The first-order chi connectivity index (χ1) is 12.7. The molecule has 1 aliphatic heterocycles. The van der Waals surface area contributed by atoms with E-state index in [2.05, 4.69) is 5.32 Å². The fourth-order valence-electron chi connectivity index (χ4n) is 2.88. The van der Waals surface area contributed by atoms with Gasteiger partial charge in [0.2, 0.25) is 12.2 Å². The molecule has 26 heavy (non-hydrogen) atoms. The minimum atomic E-state index is -0.501. The van der Waals surface area contributed by atoms with Crippen LogP contribution in [0.5, 0.6) is 11.5 Å². The monoisotopic (exact) mass is 349 g/mol. The molecule has 2 aromatic carbocycles. The van der Waals surface area contributed by atoms with Gasteiger partial charge in [-0.3, -0.25) is 9.59 Å². The lowest BCUT2D eigenvalue weighted by Gasteiger charge is -2.03. The predicted octanol–water partition coefficient (Wildman–Crippen LogP) is 3.52. The fraction of sp³-hybridized carbons (Fsp3) is 0.0526. The maximum absolute atomic E-state index is 12.5. The summed E-state index contributed by atoms with van der Waals surface area (Å²) in [6.07, 6.45) is 0. The van der Waals surface area contributed by atoms with Crippen molar-refractivity contribution in [3.63, 3.8) is 0 Å². The normalized spacial score (nSPS) is 12.6. The van der Waals surface area contributed by atoms with Gasteiger partial charge in [0.05, 0.1) is 5.39 Å². The number of furan rings is 1. The summed E-state index contributed by atoms with van der Waals surface area (Å²) in [5, 5.41) is 3.35. The van der Waals surface area contributed by atoms with E-state index in [4.69, 9.17) is 18.3 Å². The average molecular weight is 349 g/mol. The first-order valence-electron chi connectivity index (χ1n) is 7.85. The van der Waals surface area contributed by atoms with Gasteiger partial charge in [0.1, 0.15) is 11.0 Å². The third-order valence-corrected chi connectivity index (χ3v) is 4.13. The molecular weight excluding hydrogens is 338 g/mol. The van der Waals surface area contributed by atoms with Crippen molar-refractivity contribution in [1.29, 1.82) is 0 Å². The van der Waals surface area contributed by atoms with E-state index < -0.39 is 5.91 Å². The topological polar surface area (TPSA) is 90.9 Å². The van der Waals surface area contributed by atoms with Crippen LogP contribution in [0.3, 0.4) is 0 Å². The Morgan fingerprint density at radius 2 is 1.77 bits per heavy atom. The van der Waals surface area contributed by atoms with E-state index >= 15 is 0 Å². The van der Waals surface area contributed by atoms with Gasteiger partial charge in [0, 0.05) is 17.8 Å². The number of amides is 1. The van der Waals surface area contributed by atoms with Crippen molar-refractivity contribution >= 4 is 33.7 Å². The second-order valence-electron chi connectivity index (χ2n) is 5.76. The molecule has 1 N–H and O–H groups in total. The Balaban J connectivity index is 1.52. The Hall–Kier alpha value is -3.74. The molecule has 0 fully saturated rings. The van der Waals surface area contributed by atoms with Gasteiger partial charge in [0.15, 0.2) is 17.3 Å². The lowest BCUT2D eigenvalue weighted by Crippen LogP contribution is -2.10. The lowest BCUT2D eigenvalue weighted by atomic mass is 10.2. The summed E-state index contributed by atoms with van der Waals surface area (Å²) in [7, 11) is 0. The smallest absolute Gasteiger partial charge is 0.302 e. The van der Waals surface area contributed by atoms with Crippen LogP contribution >= 0.6 is 0 Å². The molecule has 0 radical (unpaired) electrons. The molecule has 4 aromatic rings. The number of benzene rings is 2. The van der Waals surface area contributed by atoms with E-state index in [-0.39, 0.29) is 29.1 Å². The zero-order chi connectivity index (χ0) is 17.7. The van der Waals surface area contributed by atoms with Crippen molar-refractivity contribution in [3.8, 4) is 11.5 Å². The number of ether oxygens (including phenoxy) is 2. The number of carbonyl (C=O) groups excluding carboxylic acids is 1. The molecule has 0 bridgehead atoms. The van der Waals surface area contributed by atoms with Crippen LogP contribution in [-0.2, 0) is 0 Å². The van der Waals surface area contributed by atoms with E-state index in [0.29, 0.717) is 28.2 Å². The van der Waals surface area contributed by atoms with Crippen molar-refractivity contribution in [3.05, 3.63) is 64.5 Å². The molecule has 5 rings (SSSR count). The molecule has 1 amide bonds. The van der Waals surface area contributed by atoms with Crippen LogP contribution in [0.1, 0.15) is 10.6 Å². The Labute approximate surface area is 145 Å². The van der Waals surface area contributed by atoms with E-state index in [0.717, 1.165) is 0 Å². The number of hydrogen-bond acceptors (Lipinski definition) is 6. The van der Waals surface area contributed by atoms with E-state index in [1.54, 1.807) is 42.5 Å². The lowest BCUT2D eigenvalue weighted by molar-refractivity contribution is 0.0997. The van der Waals surface area contributed by atoms with Crippen LogP contribution in [0.2, 0.25) is 0 Å². The van der Waals surface area contributed by atoms with Gasteiger partial charge in [-0.15, -0.1) is 0 Å². The van der Waals surface area contributed by atoms with E-state index in [1.165, 1.54) is 6.07 Å². The molecular formula is C19H11NO6. The Kier molecular flexibility index (Phi) is 3.02.